The van der Waals surface area contributed by atoms with Crippen molar-refractivity contribution >= 4 is 23.1 Å². The fourth-order valence-corrected chi connectivity index (χ4v) is 8.59. The third-order valence-electron chi connectivity index (χ3n) is 11.1. The number of aliphatic imine (C=N–C) groups is 1. The number of thiocarbonyl (C=S) groups is 1. The zero-order chi connectivity index (χ0) is 31.1. The summed E-state index contributed by atoms with van der Waals surface area (Å²) >= 11 is 4.50. The van der Waals surface area contributed by atoms with E-state index in [-0.39, 0.29) is 22.6 Å². The highest BCUT2D eigenvalue weighted by Gasteiger charge is 2.45. The molecule has 0 N–H and O–H groups in total. The van der Waals surface area contributed by atoms with Gasteiger partial charge in [0.05, 0.1) is 11.1 Å². The molecular formula is C37H47F4NOS. The number of nitrogens with zero attached hydrogens (tertiary/aromatic N) is 1. The van der Waals surface area contributed by atoms with Crippen LogP contribution >= 0.6 is 12.2 Å². The number of alkyl halides is 2. The Balaban J connectivity index is 1.07. The summed E-state index contributed by atoms with van der Waals surface area (Å²) in [5.41, 5.74) is 0.346. The number of benzene rings is 2. The topological polar surface area (TPSA) is 21.6 Å². The molecule has 0 saturated heterocycles. The van der Waals surface area contributed by atoms with Crippen molar-refractivity contribution in [3.63, 3.8) is 0 Å². The Labute approximate surface area is 266 Å². The lowest BCUT2D eigenvalue weighted by atomic mass is 9.65. The quantitative estimate of drug-likeness (QED) is 0.107. The van der Waals surface area contributed by atoms with Crippen LogP contribution < -0.4 is 4.74 Å². The van der Waals surface area contributed by atoms with Gasteiger partial charge in [0.15, 0.2) is 0 Å². The molecule has 0 aromatic heterocycles. The number of halogens is 4. The van der Waals surface area contributed by atoms with Crippen LogP contribution in [0.1, 0.15) is 110 Å². The highest BCUT2D eigenvalue weighted by atomic mass is 32.1. The second-order valence-electron chi connectivity index (χ2n) is 13.7. The summed E-state index contributed by atoms with van der Waals surface area (Å²) in [6, 6.07) is 7.59. The molecule has 0 unspecified atom stereocenters. The minimum absolute atomic E-state index is 0.00307. The maximum atomic E-state index is 15.2. The number of hydrogen-bond acceptors (Lipinski definition) is 3. The second kappa shape index (κ2) is 15.4. The van der Waals surface area contributed by atoms with Crippen molar-refractivity contribution in [1.82, 2.24) is 0 Å². The fourth-order valence-electron chi connectivity index (χ4n) is 8.49. The predicted octanol–water partition coefficient (Wildman–Crippen LogP) is 12.3. The SMILES string of the molecule is CCCCCC1CCC(C2CCC(C3CCC(C(F)(F)Oc4ccc(-c5ccc(N=C=S)c(F)c5)c(F)c4)CC3)CC2)CC1. The average molecular weight is 630 g/mol. The van der Waals surface area contributed by atoms with E-state index >= 15 is 8.78 Å². The third-order valence-corrected chi connectivity index (χ3v) is 11.2. The van der Waals surface area contributed by atoms with Crippen molar-refractivity contribution in [3.05, 3.63) is 48.0 Å². The summed E-state index contributed by atoms with van der Waals surface area (Å²) in [6.45, 7) is 2.28. The number of ether oxygens (including phenoxy) is 1. The molecule has 7 heteroatoms. The summed E-state index contributed by atoms with van der Waals surface area (Å²) in [4.78, 5) is 3.62. The van der Waals surface area contributed by atoms with E-state index < -0.39 is 23.7 Å². The van der Waals surface area contributed by atoms with Gasteiger partial charge in [-0.3, -0.25) is 0 Å². The Hall–Kier alpha value is -2.24. The molecule has 0 spiro atoms. The zero-order valence-corrected chi connectivity index (χ0v) is 26.8. The van der Waals surface area contributed by atoms with Gasteiger partial charge in [0.25, 0.3) is 0 Å². The molecule has 0 amide bonds. The van der Waals surface area contributed by atoms with Crippen LogP contribution in [0.3, 0.4) is 0 Å². The molecule has 3 saturated carbocycles. The van der Waals surface area contributed by atoms with Gasteiger partial charge < -0.3 is 4.74 Å². The summed E-state index contributed by atoms with van der Waals surface area (Å²) < 4.78 is 64.7. The van der Waals surface area contributed by atoms with Crippen molar-refractivity contribution in [2.24, 2.45) is 40.5 Å². The van der Waals surface area contributed by atoms with E-state index in [0.717, 1.165) is 42.7 Å². The lowest BCUT2D eigenvalue weighted by Gasteiger charge is -2.42. The molecule has 240 valence electrons. The smallest absolute Gasteiger partial charge is 0.400 e. The Morgan fingerprint density at radius 2 is 1.36 bits per heavy atom. The summed E-state index contributed by atoms with van der Waals surface area (Å²) in [7, 11) is 0. The van der Waals surface area contributed by atoms with Crippen LogP contribution in [0, 0.1) is 47.1 Å². The lowest BCUT2D eigenvalue weighted by molar-refractivity contribution is -0.224. The van der Waals surface area contributed by atoms with Crippen LogP contribution in [0.15, 0.2) is 41.4 Å². The monoisotopic (exact) mass is 629 g/mol. The fraction of sp³-hybridized carbons (Fsp3) is 0.649. The van der Waals surface area contributed by atoms with Crippen LogP contribution in [-0.4, -0.2) is 11.3 Å². The van der Waals surface area contributed by atoms with Gasteiger partial charge in [0.1, 0.15) is 23.1 Å². The van der Waals surface area contributed by atoms with Crippen LogP contribution in [0.4, 0.5) is 23.2 Å². The Morgan fingerprint density at radius 1 is 0.773 bits per heavy atom. The van der Waals surface area contributed by atoms with Crippen molar-refractivity contribution < 1.29 is 22.3 Å². The van der Waals surface area contributed by atoms with E-state index in [4.69, 9.17) is 4.74 Å². The third kappa shape index (κ3) is 8.31. The van der Waals surface area contributed by atoms with Gasteiger partial charge in [0, 0.05) is 11.6 Å². The van der Waals surface area contributed by atoms with Crippen LogP contribution in [0.5, 0.6) is 5.75 Å². The van der Waals surface area contributed by atoms with E-state index in [1.54, 1.807) is 0 Å². The second-order valence-corrected chi connectivity index (χ2v) is 13.9. The number of isothiocyanates is 1. The molecule has 2 aromatic rings. The predicted molar refractivity (Wildman–Crippen MR) is 173 cm³/mol. The van der Waals surface area contributed by atoms with E-state index in [1.807, 2.05) is 0 Å². The summed E-state index contributed by atoms with van der Waals surface area (Å²) in [5.74, 6) is 1.37. The zero-order valence-electron chi connectivity index (χ0n) is 26.0. The first-order valence-electron chi connectivity index (χ1n) is 17.0. The number of unbranched alkanes of at least 4 members (excludes halogenated alkanes) is 2. The normalized spacial score (nSPS) is 27.8. The minimum Gasteiger partial charge on any atom is -0.432 e. The van der Waals surface area contributed by atoms with E-state index in [2.05, 4.69) is 29.3 Å². The van der Waals surface area contributed by atoms with Crippen molar-refractivity contribution in [2.45, 2.75) is 116 Å². The van der Waals surface area contributed by atoms with Crippen molar-refractivity contribution in [3.8, 4) is 16.9 Å². The van der Waals surface area contributed by atoms with Crippen LogP contribution in [-0.2, 0) is 0 Å². The Bertz CT molecular complexity index is 1270. The van der Waals surface area contributed by atoms with E-state index in [1.165, 1.54) is 101 Å². The molecule has 3 aliphatic rings. The Morgan fingerprint density at radius 3 is 1.91 bits per heavy atom. The lowest BCUT2D eigenvalue weighted by Crippen LogP contribution is -2.38. The van der Waals surface area contributed by atoms with Gasteiger partial charge in [-0.2, -0.15) is 13.8 Å². The molecule has 5 rings (SSSR count). The molecule has 0 radical (unpaired) electrons. The van der Waals surface area contributed by atoms with Crippen molar-refractivity contribution in [2.75, 3.05) is 0 Å². The van der Waals surface area contributed by atoms with Crippen molar-refractivity contribution in [1.29, 1.82) is 0 Å². The van der Waals surface area contributed by atoms with Gasteiger partial charge in [-0.05, 0) is 136 Å². The molecule has 0 atom stereocenters. The minimum atomic E-state index is -3.38. The summed E-state index contributed by atoms with van der Waals surface area (Å²) in [5, 5.41) is 2.10. The summed E-state index contributed by atoms with van der Waals surface area (Å²) in [6.07, 6.45) is 15.4. The molecule has 2 nitrogen and oxygen atoms in total. The van der Waals surface area contributed by atoms with Gasteiger partial charge >= 0.3 is 6.11 Å². The molecule has 2 aromatic carbocycles. The molecule has 3 fully saturated rings. The van der Waals surface area contributed by atoms with Crippen LogP contribution in [0.2, 0.25) is 0 Å². The van der Waals surface area contributed by atoms with E-state index in [0.29, 0.717) is 24.7 Å². The molecule has 0 aliphatic heterocycles. The highest BCUT2D eigenvalue weighted by Crippen LogP contribution is 2.48. The number of rotatable bonds is 11. The van der Waals surface area contributed by atoms with Gasteiger partial charge in [0.2, 0.25) is 0 Å². The standard InChI is InChI=1S/C37H47F4NOS/c1-2-3-4-5-25-6-8-26(9-7-25)27-10-12-28(13-11-27)29-14-17-31(18-15-29)37(40,41)43-32-19-20-33(34(38)23-32)30-16-21-36(42-24-44)35(39)22-30/h16,19-23,25-29,31H,2-15,17-18H2,1H3. The Kier molecular flexibility index (Phi) is 11.6. The first-order chi connectivity index (χ1) is 21.3. The number of hydrogen-bond donors (Lipinski definition) is 0. The van der Waals surface area contributed by atoms with E-state index in [9.17, 15) is 8.78 Å². The molecule has 44 heavy (non-hydrogen) atoms. The molecule has 0 bridgehead atoms. The molecular weight excluding hydrogens is 582 g/mol. The largest absolute Gasteiger partial charge is 0.432 e. The maximum absolute atomic E-state index is 15.2. The first-order valence-corrected chi connectivity index (χ1v) is 17.4. The van der Waals surface area contributed by atoms with Gasteiger partial charge in [-0.25, -0.2) is 8.78 Å². The van der Waals surface area contributed by atoms with Gasteiger partial charge in [-0.1, -0.05) is 51.5 Å². The van der Waals surface area contributed by atoms with Crippen LogP contribution in [0.25, 0.3) is 11.1 Å². The molecule has 3 aliphatic carbocycles. The maximum Gasteiger partial charge on any atom is 0.400 e. The molecule has 0 heterocycles. The first kappa shape index (κ1) is 33.1. The van der Waals surface area contributed by atoms with Gasteiger partial charge in [-0.15, -0.1) is 0 Å². The highest BCUT2D eigenvalue weighted by molar-refractivity contribution is 7.78. The average Bonchev–Trinajstić information content (AvgIpc) is 3.03.